The number of thioether (sulfide) groups is 1. The Balaban J connectivity index is 1.46. The first-order valence-corrected chi connectivity index (χ1v) is 10.8. The van der Waals surface area contributed by atoms with Gasteiger partial charge < -0.3 is 10.2 Å². The lowest BCUT2D eigenvalue weighted by Crippen LogP contribution is -2.21. The minimum atomic E-state index is 0.0200. The normalized spacial score (nSPS) is 10.7. The summed E-state index contributed by atoms with van der Waals surface area (Å²) in [6.45, 7) is 0.862. The van der Waals surface area contributed by atoms with Gasteiger partial charge in [-0.1, -0.05) is 41.3 Å². The molecule has 2 aromatic heterocycles. The van der Waals surface area contributed by atoms with Crippen molar-refractivity contribution in [2.45, 2.75) is 16.5 Å². The molecule has 0 fully saturated rings. The van der Waals surface area contributed by atoms with Gasteiger partial charge in [0.25, 0.3) is 5.91 Å². The third-order valence-electron chi connectivity index (χ3n) is 3.60. The first-order valence-electron chi connectivity index (χ1n) is 8.15. The van der Waals surface area contributed by atoms with Crippen molar-refractivity contribution in [2.75, 3.05) is 26.0 Å². The van der Waals surface area contributed by atoms with E-state index in [9.17, 15) is 4.79 Å². The second kappa shape index (κ2) is 9.16. The summed E-state index contributed by atoms with van der Waals surface area (Å²) in [6, 6.07) is 11.9. The molecule has 3 aromatic rings. The Hall–Kier alpha value is -1.90. The van der Waals surface area contributed by atoms with Crippen molar-refractivity contribution in [3.05, 3.63) is 57.8 Å². The molecule has 0 radical (unpaired) electrons. The number of thiophene rings is 1. The van der Waals surface area contributed by atoms with Crippen molar-refractivity contribution in [1.29, 1.82) is 0 Å². The molecule has 0 atom stereocenters. The molecule has 1 aromatic carbocycles. The van der Waals surface area contributed by atoms with Gasteiger partial charge in [-0.2, -0.15) is 0 Å². The van der Waals surface area contributed by atoms with Gasteiger partial charge in [0.15, 0.2) is 4.34 Å². The summed E-state index contributed by atoms with van der Waals surface area (Å²) in [5.41, 5.74) is 1.87. The zero-order chi connectivity index (χ0) is 18.4. The van der Waals surface area contributed by atoms with Crippen LogP contribution in [0, 0.1) is 0 Å². The quantitative estimate of drug-likeness (QED) is 0.569. The summed E-state index contributed by atoms with van der Waals surface area (Å²) in [6.07, 6.45) is 0.998. The van der Waals surface area contributed by atoms with Gasteiger partial charge in [0.05, 0.1) is 0 Å². The van der Waals surface area contributed by atoms with E-state index in [-0.39, 0.29) is 5.91 Å². The Labute approximate surface area is 165 Å². The molecule has 0 saturated carbocycles. The highest BCUT2D eigenvalue weighted by atomic mass is 32.2. The fraction of sp³-hybridized carbons (Fsp3) is 0.278. The highest BCUT2D eigenvalue weighted by molar-refractivity contribution is 8.00. The zero-order valence-corrected chi connectivity index (χ0v) is 17.1. The highest BCUT2D eigenvalue weighted by Gasteiger charge is 2.08. The van der Waals surface area contributed by atoms with E-state index >= 15 is 0 Å². The van der Waals surface area contributed by atoms with Crippen LogP contribution in [0.15, 0.2) is 46.1 Å². The molecular weight excluding hydrogens is 384 g/mol. The number of nitrogens with one attached hydrogen (secondary N) is 1. The second-order valence-corrected chi connectivity index (χ2v) is 9.05. The number of hydrogen-bond donors (Lipinski definition) is 1. The van der Waals surface area contributed by atoms with E-state index in [1.54, 1.807) is 53.4 Å². The predicted octanol–water partition coefficient (Wildman–Crippen LogP) is 4.25. The number of hydrogen-bond acceptors (Lipinski definition) is 7. The second-order valence-electron chi connectivity index (χ2n) is 5.81. The van der Waals surface area contributed by atoms with Gasteiger partial charge >= 0.3 is 0 Å². The first-order chi connectivity index (χ1) is 12.6. The van der Waals surface area contributed by atoms with Crippen LogP contribution in [-0.4, -0.2) is 41.6 Å². The van der Waals surface area contributed by atoms with Crippen LogP contribution in [0.1, 0.15) is 20.8 Å². The van der Waals surface area contributed by atoms with Gasteiger partial charge in [-0.15, -0.1) is 21.5 Å². The van der Waals surface area contributed by atoms with E-state index in [0.717, 1.165) is 33.8 Å². The lowest BCUT2D eigenvalue weighted by molar-refractivity contribution is 0.0827. The molecule has 3 rings (SSSR count). The molecule has 136 valence electrons. The fourth-order valence-electron chi connectivity index (χ4n) is 2.23. The van der Waals surface area contributed by atoms with E-state index < -0.39 is 0 Å². The van der Waals surface area contributed by atoms with Gasteiger partial charge in [0.2, 0.25) is 5.13 Å². The maximum Gasteiger partial charge on any atom is 0.253 e. The standard InChI is InChI=1S/C18H20N4OS3/c1-22(2)16(23)14-7-5-13(6-8-14)12-25-18-21-20-17(26-18)19-10-9-15-4-3-11-24-15/h3-8,11H,9-10,12H2,1-2H3,(H,19,20). The average molecular weight is 405 g/mol. The number of nitrogens with zero attached hydrogens (tertiary/aromatic N) is 3. The Bertz CT molecular complexity index is 829. The number of aromatic nitrogens is 2. The van der Waals surface area contributed by atoms with Crippen LogP contribution >= 0.6 is 34.4 Å². The Morgan fingerprint density at radius 1 is 1.19 bits per heavy atom. The Kier molecular flexibility index (Phi) is 6.65. The first kappa shape index (κ1) is 18.9. The van der Waals surface area contributed by atoms with Crippen LogP contribution < -0.4 is 5.32 Å². The number of amides is 1. The molecule has 0 aliphatic carbocycles. The molecule has 2 heterocycles. The fourth-order valence-corrected chi connectivity index (χ4v) is 4.68. The monoisotopic (exact) mass is 404 g/mol. The topological polar surface area (TPSA) is 58.1 Å². The molecule has 0 aliphatic rings. The summed E-state index contributed by atoms with van der Waals surface area (Å²) in [4.78, 5) is 14.8. The van der Waals surface area contributed by atoms with Gasteiger partial charge in [-0.25, -0.2) is 0 Å². The van der Waals surface area contributed by atoms with E-state index in [1.165, 1.54) is 4.88 Å². The van der Waals surface area contributed by atoms with E-state index in [2.05, 4.69) is 33.0 Å². The Morgan fingerprint density at radius 3 is 2.69 bits per heavy atom. The zero-order valence-electron chi connectivity index (χ0n) is 14.6. The van der Waals surface area contributed by atoms with Gasteiger partial charge in [-0.05, 0) is 35.6 Å². The minimum absolute atomic E-state index is 0.0200. The molecule has 1 amide bonds. The summed E-state index contributed by atoms with van der Waals surface area (Å²) in [7, 11) is 3.52. The third kappa shape index (κ3) is 5.30. The molecule has 0 spiro atoms. The predicted molar refractivity (Wildman–Crippen MR) is 110 cm³/mol. The maximum atomic E-state index is 11.9. The van der Waals surface area contributed by atoms with Gasteiger partial charge in [0, 0.05) is 36.8 Å². The molecule has 1 N–H and O–H groups in total. The summed E-state index contributed by atoms with van der Waals surface area (Å²) < 4.78 is 0.942. The van der Waals surface area contributed by atoms with Crippen LogP contribution in [0.2, 0.25) is 0 Å². The number of anilines is 1. The minimum Gasteiger partial charge on any atom is -0.360 e. The smallest absolute Gasteiger partial charge is 0.253 e. The molecule has 5 nitrogen and oxygen atoms in total. The van der Waals surface area contributed by atoms with Crippen LogP contribution in [0.3, 0.4) is 0 Å². The number of rotatable bonds is 8. The van der Waals surface area contributed by atoms with Gasteiger partial charge in [-0.3, -0.25) is 4.79 Å². The Morgan fingerprint density at radius 2 is 2.00 bits per heavy atom. The van der Waals surface area contributed by atoms with Crippen molar-refractivity contribution in [3.8, 4) is 0 Å². The van der Waals surface area contributed by atoms with Crippen molar-refractivity contribution in [3.63, 3.8) is 0 Å². The highest BCUT2D eigenvalue weighted by Crippen LogP contribution is 2.28. The molecule has 8 heteroatoms. The van der Waals surface area contributed by atoms with Crippen molar-refractivity contribution in [2.24, 2.45) is 0 Å². The van der Waals surface area contributed by atoms with Crippen molar-refractivity contribution in [1.82, 2.24) is 15.1 Å². The molecule has 0 unspecified atom stereocenters. The van der Waals surface area contributed by atoms with Crippen LogP contribution in [0.25, 0.3) is 0 Å². The third-order valence-corrected chi connectivity index (χ3v) is 6.63. The van der Waals surface area contributed by atoms with Crippen molar-refractivity contribution >= 4 is 45.5 Å². The molecule has 0 bridgehead atoms. The number of carbonyl (C=O) groups excluding carboxylic acids is 1. The van der Waals surface area contributed by atoms with Gasteiger partial charge in [0.1, 0.15) is 0 Å². The van der Waals surface area contributed by atoms with E-state index in [4.69, 9.17) is 0 Å². The number of benzene rings is 1. The number of carbonyl (C=O) groups is 1. The molecule has 26 heavy (non-hydrogen) atoms. The summed E-state index contributed by atoms with van der Waals surface area (Å²) in [5, 5.41) is 14.7. The largest absolute Gasteiger partial charge is 0.360 e. The summed E-state index contributed by atoms with van der Waals surface area (Å²) in [5.74, 6) is 0.826. The maximum absolute atomic E-state index is 11.9. The summed E-state index contributed by atoms with van der Waals surface area (Å²) >= 11 is 5.00. The lowest BCUT2D eigenvalue weighted by Gasteiger charge is -2.10. The van der Waals surface area contributed by atoms with Crippen LogP contribution in [0.5, 0.6) is 0 Å². The van der Waals surface area contributed by atoms with E-state index in [0.29, 0.717) is 5.56 Å². The van der Waals surface area contributed by atoms with E-state index in [1.807, 2.05) is 24.3 Å². The molecule has 0 saturated heterocycles. The van der Waals surface area contributed by atoms with Crippen LogP contribution in [0.4, 0.5) is 5.13 Å². The molecule has 0 aliphatic heterocycles. The average Bonchev–Trinajstić information content (AvgIpc) is 3.32. The van der Waals surface area contributed by atoms with Crippen LogP contribution in [-0.2, 0) is 12.2 Å². The SMILES string of the molecule is CN(C)C(=O)c1ccc(CSc2nnc(NCCc3cccs3)s2)cc1. The van der Waals surface area contributed by atoms with Crippen molar-refractivity contribution < 1.29 is 4.79 Å². The lowest BCUT2D eigenvalue weighted by atomic mass is 10.1. The molecular formula is C18H20N4OS3.